The molecule has 0 spiro atoms. The van der Waals surface area contributed by atoms with Crippen molar-refractivity contribution in [1.29, 1.82) is 0 Å². The second-order valence-electron chi connectivity index (χ2n) is 3.33. The number of hydrogen-bond donors (Lipinski definition) is 1. The molecule has 2 aromatic carbocycles. The Morgan fingerprint density at radius 2 is 1.69 bits per heavy atom. The highest BCUT2D eigenvalue weighted by Crippen LogP contribution is 2.25. The number of halogens is 1. The van der Waals surface area contributed by atoms with Gasteiger partial charge in [0.05, 0.1) is 0 Å². The number of carbonyl (C=O) groups is 1. The standard InChI is InChI=1S/C13H9FO2/c14-11-8-4-7-10(12(11)13(15)16)9-5-2-1-3-6-9/h1-8H,(H,15,16). The summed E-state index contributed by atoms with van der Waals surface area (Å²) in [6, 6.07) is 13.1. The third kappa shape index (κ3) is 1.80. The third-order valence-electron chi connectivity index (χ3n) is 2.31. The summed E-state index contributed by atoms with van der Waals surface area (Å²) >= 11 is 0. The van der Waals surface area contributed by atoms with E-state index in [1.807, 2.05) is 6.07 Å². The van der Waals surface area contributed by atoms with Crippen LogP contribution in [-0.4, -0.2) is 11.1 Å². The first kappa shape index (κ1) is 10.4. The fourth-order valence-corrected chi connectivity index (χ4v) is 1.60. The summed E-state index contributed by atoms with van der Waals surface area (Å²) in [5.41, 5.74) is 0.807. The molecule has 2 aromatic rings. The lowest BCUT2D eigenvalue weighted by Crippen LogP contribution is -2.03. The van der Waals surface area contributed by atoms with Crippen molar-refractivity contribution in [3.05, 3.63) is 59.9 Å². The van der Waals surface area contributed by atoms with E-state index in [4.69, 9.17) is 5.11 Å². The van der Waals surface area contributed by atoms with E-state index < -0.39 is 11.8 Å². The fourth-order valence-electron chi connectivity index (χ4n) is 1.60. The average molecular weight is 216 g/mol. The predicted molar refractivity (Wildman–Crippen MR) is 58.8 cm³/mol. The van der Waals surface area contributed by atoms with Gasteiger partial charge in [-0.3, -0.25) is 0 Å². The van der Waals surface area contributed by atoms with Crippen LogP contribution < -0.4 is 0 Å². The number of hydrogen-bond acceptors (Lipinski definition) is 1. The Labute approximate surface area is 92.0 Å². The van der Waals surface area contributed by atoms with E-state index in [1.54, 1.807) is 30.3 Å². The Kier molecular flexibility index (Phi) is 2.68. The highest BCUT2D eigenvalue weighted by molar-refractivity contribution is 5.96. The van der Waals surface area contributed by atoms with Gasteiger partial charge in [-0.1, -0.05) is 42.5 Å². The van der Waals surface area contributed by atoms with Crippen LogP contribution >= 0.6 is 0 Å². The molecule has 0 saturated heterocycles. The topological polar surface area (TPSA) is 37.3 Å². The first-order valence-corrected chi connectivity index (χ1v) is 4.77. The van der Waals surface area contributed by atoms with Crippen LogP contribution in [0.2, 0.25) is 0 Å². The number of carboxylic acids is 1. The zero-order valence-electron chi connectivity index (χ0n) is 8.35. The van der Waals surface area contributed by atoms with Crippen molar-refractivity contribution in [2.45, 2.75) is 0 Å². The van der Waals surface area contributed by atoms with Gasteiger partial charge >= 0.3 is 5.97 Å². The van der Waals surface area contributed by atoms with Crippen molar-refractivity contribution in [1.82, 2.24) is 0 Å². The van der Waals surface area contributed by atoms with Gasteiger partial charge in [0.15, 0.2) is 0 Å². The number of rotatable bonds is 2. The predicted octanol–water partition coefficient (Wildman–Crippen LogP) is 3.19. The number of aromatic carboxylic acids is 1. The zero-order valence-corrected chi connectivity index (χ0v) is 8.35. The molecule has 3 heteroatoms. The first-order chi connectivity index (χ1) is 7.70. The Bertz CT molecular complexity index is 521. The quantitative estimate of drug-likeness (QED) is 0.837. The lowest BCUT2D eigenvalue weighted by molar-refractivity contribution is 0.0693. The molecule has 0 saturated carbocycles. The van der Waals surface area contributed by atoms with E-state index in [0.717, 1.165) is 6.07 Å². The summed E-state index contributed by atoms with van der Waals surface area (Å²) in [4.78, 5) is 11.0. The van der Waals surface area contributed by atoms with E-state index in [0.29, 0.717) is 11.1 Å². The maximum Gasteiger partial charge on any atom is 0.339 e. The second kappa shape index (κ2) is 4.14. The molecule has 0 radical (unpaired) electrons. The maximum atomic E-state index is 13.4. The van der Waals surface area contributed by atoms with Crippen molar-refractivity contribution in [3.63, 3.8) is 0 Å². The molecule has 0 unspecified atom stereocenters. The zero-order chi connectivity index (χ0) is 11.5. The molecule has 0 aromatic heterocycles. The van der Waals surface area contributed by atoms with E-state index in [9.17, 15) is 9.18 Å². The highest BCUT2D eigenvalue weighted by Gasteiger charge is 2.16. The summed E-state index contributed by atoms with van der Waals surface area (Å²) in [5, 5.41) is 8.97. The molecule has 0 aliphatic heterocycles. The Morgan fingerprint density at radius 3 is 2.31 bits per heavy atom. The summed E-state index contributed by atoms with van der Waals surface area (Å²) < 4.78 is 13.4. The molecule has 0 amide bonds. The minimum atomic E-state index is -1.25. The monoisotopic (exact) mass is 216 g/mol. The molecule has 2 nitrogen and oxygen atoms in total. The molecule has 0 fully saturated rings. The maximum absolute atomic E-state index is 13.4. The Balaban J connectivity index is 2.66. The van der Waals surface area contributed by atoms with Crippen LogP contribution in [0.25, 0.3) is 11.1 Å². The van der Waals surface area contributed by atoms with Gasteiger partial charge in [0.25, 0.3) is 0 Å². The summed E-state index contributed by atoms with van der Waals surface area (Å²) in [5.74, 6) is -1.97. The van der Waals surface area contributed by atoms with Crippen LogP contribution in [0.5, 0.6) is 0 Å². The third-order valence-corrected chi connectivity index (χ3v) is 2.31. The lowest BCUT2D eigenvalue weighted by Gasteiger charge is -2.06. The van der Waals surface area contributed by atoms with Crippen molar-refractivity contribution < 1.29 is 14.3 Å². The van der Waals surface area contributed by atoms with Gasteiger partial charge in [-0.05, 0) is 17.2 Å². The SMILES string of the molecule is O=C(O)c1c(F)cccc1-c1ccccc1. The lowest BCUT2D eigenvalue weighted by atomic mass is 9.99. The van der Waals surface area contributed by atoms with Gasteiger partial charge < -0.3 is 5.11 Å². The van der Waals surface area contributed by atoms with Crippen LogP contribution in [0.3, 0.4) is 0 Å². The molecular formula is C13H9FO2. The van der Waals surface area contributed by atoms with Crippen LogP contribution in [0.1, 0.15) is 10.4 Å². The molecule has 0 aliphatic carbocycles. The van der Waals surface area contributed by atoms with Crippen LogP contribution in [0.4, 0.5) is 4.39 Å². The normalized spacial score (nSPS) is 10.1. The van der Waals surface area contributed by atoms with Crippen LogP contribution in [0, 0.1) is 5.82 Å². The minimum absolute atomic E-state index is 0.284. The molecule has 1 N–H and O–H groups in total. The van der Waals surface area contributed by atoms with E-state index in [1.165, 1.54) is 6.07 Å². The molecule has 0 heterocycles. The van der Waals surface area contributed by atoms with E-state index in [-0.39, 0.29) is 5.56 Å². The molecule has 0 atom stereocenters. The fraction of sp³-hybridized carbons (Fsp3) is 0. The van der Waals surface area contributed by atoms with Crippen molar-refractivity contribution >= 4 is 5.97 Å². The Hall–Kier alpha value is -2.16. The summed E-state index contributed by atoms with van der Waals surface area (Å²) in [7, 11) is 0. The van der Waals surface area contributed by atoms with Gasteiger partial charge in [0, 0.05) is 0 Å². The molecule has 0 bridgehead atoms. The van der Waals surface area contributed by atoms with Crippen LogP contribution in [-0.2, 0) is 0 Å². The van der Waals surface area contributed by atoms with Crippen molar-refractivity contribution in [2.24, 2.45) is 0 Å². The van der Waals surface area contributed by atoms with Gasteiger partial charge in [0.1, 0.15) is 11.4 Å². The van der Waals surface area contributed by atoms with Gasteiger partial charge in [-0.2, -0.15) is 0 Å². The molecule has 2 rings (SSSR count). The van der Waals surface area contributed by atoms with E-state index in [2.05, 4.69) is 0 Å². The first-order valence-electron chi connectivity index (χ1n) is 4.77. The van der Waals surface area contributed by atoms with Crippen molar-refractivity contribution in [3.8, 4) is 11.1 Å². The summed E-state index contributed by atoms with van der Waals surface area (Å²) in [6.45, 7) is 0. The van der Waals surface area contributed by atoms with Gasteiger partial charge in [0.2, 0.25) is 0 Å². The van der Waals surface area contributed by atoms with Gasteiger partial charge in [-0.15, -0.1) is 0 Å². The second-order valence-corrected chi connectivity index (χ2v) is 3.33. The van der Waals surface area contributed by atoms with Crippen molar-refractivity contribution in [2.75, 3.05) is 0 Å². The minimum Gasteiger partial charge on any atom is -0.478 e. The molecule has 80 valence electrons. The van der Waals surface area contributed by atoms with Gasteiger partial charge in [-0.25, -0.2) is 9.18 Å². The highest BCUT2D eigenvalue weighted by atomic mass is 19.1. The molecule has 0 aliphatic rings. The molecule has 16 heavy (non-hydrogen) atoms. The largest absolute Gasteiger partial charge is 0.478 e. The number of carboxylic acid groups (broad SMARTS) is 1. The smallest absolute Gasteiger partial charge is 0.339 e. The van der Waals surface area contributed by atoms with E-state index >= 15 is 0 Å². The van der Waals surface area contributed by atoms with Crippen LogP contribution in [0.15, 0.2) is 48.5 Å². The molecular weight excluding hydrogens is 207 g/mol. The number of benzene rings is 2. The Morgan fingerprint density at radius 1 is 1.00 bits per heavy atom. The average Bonchev–Trinajstić information content (AvgIpc) is 2.29. The summed E-state index contributed by atoms with van der Waals surface area (Å²) in [6.07, 6.45) is 0.